The van der Waals surface area contributed by atoms with Crippen LogP contribution in [-0.4, -0.2) is 11.8 Å². The first-order valence-corrected chi connectivity index (χ1v) is 7.59. The molecule has 2 aromatic rings. The van der Waals surface area contributed by atoms with Gasteiger partial charge >= 0.3 is 5.97 Å². The smallest absolute Gasteiger partial charge is 0.339 e. The van der Waals surface area contributed by atoms with Gasteiger partial charge in [-0.2, -0.15) is 0 Å². The summed E-state index contributed by atoms with van der Waals surface area (Å²) >= 11 is 17.9. The molecule has 2 aromatic carbocycles. The van der Waals surface area contributed by atoms with E-state index in [-0.39, 0.29) is 32.8 Å². The van der Waals surface area contributed by atoms with Crippen molar-refractivity contribution in [2.24, 2.45) is 0 Å². The van der Waals surface area contributed by atoms with Gasteiger partial charge in [0.25, 0.3) is 0 Å². The van der Waals surface area contributed by atoms with Crippen LogP contribution in [0.25, 0.3) is 0 Å². The minimum absolute atomic E-state index is 0.000431. The molecule has 0 bridgehead atoms. The number of halogens is 3. The first-order chi connectivity index (χ1) is 10.5. The van der Waals surface area contributed by atoms with E-state index in [1.54, 1.807) is 24.3 Å². The van der Waals surface area contributed by atoms with Gasteiger partial charge in [0.05, 0.1) is 27.1 Å². The molecule has 3 nitrogen and oxygen atoms in total. The molecule has 0 saturated heterocycles. The van der Waals surface area contributed by atoms with Crippen molar-refractivity contribution in [1.29, 1.82) is 0 Å². The van der Waals surface area contributed by atoms with Crippen molar-refractivity contribution in [2.75, 3.05) is 0 Å². The van der Waals surface area contributed by atoms with Crippen LogP contribution < -0.4 is 0 Å². The minimum Gasteiger partial charge on any atom is -0.453 e. The number of esters is 1. The quantitative estimate of drug-likeness (QED) is 0.435. The van der Waals surface area contributed by atoms with Crippen LogP contribution in [0.4, 0.5) is 0 Å². The second kappa shape index (κ2) is 5.92. The van der Waals surface area contributed by atoms with Crippen molar-refractivity contribution in [3.8, 4) is 0 Å². The summed E-state index contributed by atoms with van der Waals surface area (Å²) in [5, 5.41) is 0.524. The van der Waals surface area contributed by atoms with Crippen molar-refractivity contribution in [1.82, 2.24) is 0 Å². The van der Waals surface area contributed by atoms with E-state index in [4.69, 9.17) is 39.5 Å². The Morgan fingerprint density at radius 1 is 1.05 bits per heavy atom. The molecular weight excluding hydrogens is 347 g/mol. The third kappa shape index (κ3) is 2.60. The van der Waals surface area contributed by atoms with Crippen molar-refractivity contribution in [2.45, 2.75) is 12.5 Å². The van der Waals surface area contributed by atoms with Crippen LogP contribution in [0.3, 0.4) is 0 Å². The summed E-state index contributed by atoms with van der Waals surface area (Å²) in [6, 6.07) is 10.0. The minimum atomic E-state index is -0.610. The number of Topliss-reactive ketones (excluding diaryl/α,β-unsaturated/α-hetero) is 1. The monoisotopic (exact) mass is 354 g/mol. The number of carbonyl (C=O) groups excluding carboxylic acids is 2. The number of hydrogen-bond donors (Lipinski definition) is 0. The molecule has 0 radical (unpaired) electrons. The fourth-order valence-electron chi connectivity index (χ4n) is 2.39. The van der Waals surface area contributed by atoms with Gasteiger partial charge in [0, 0.05) is 11.1 Å². The molecule has 112 valence electrons. The van der Waals surface area contributed by atoms with Gasteiger partial charge in [0.2, 0.25) is 0 Å². The van der Waals surface area contributed by atoms with Gasteiger partial charge in [-0.25, -0.2) is 4.79 Å². The lowest BCUT2D eigenvalue weighted by Crippen LogP contribution is -2.08. The zero-order chi connectivity index (χ0) is 15.9. The van der Waals surface area contributed by atoms with Crippen LogP contribution in [-0.2, 0) is 4.74 Å². The average Bonchev–Trinajstić information content (AvgIpc) is 2.82. The van der Waals surface area contributed by atoms with E-state index in [1.165, 1.54) is 12.1 Å². The van der Waals surface area contributed by atoms with Crippen molar-refractivity contribution in [3.05, 3.63) is 68.2 Å². The molecule has 0 aliphatic carbocycles. The highest BCUT2D eigenvalue weighted by Gasteiger charge is 2.32. The molecule has 1 heterocycles. The Labute approximate surface area is 141 Å². The molecular formula is C16H9Cl3O3. The van der Waals surface area contributed by atoms with E-state index in [0.29, 0.717) is 11.1 Å². The third-order valence-corrected chi connectivity index (χ3v) is 4.78. The van der Waals surface area contributed by atoms with Crippen LogP contribution in [0.15, 0.2) is 36.4 Å². The van der Waals surface area contributed by atoms with E-state index < -0.39 is 12.1 Å². The number of ether oxygens (including phenoxy) is 1. The maximum atomic E-state index is 12.4. The highest BCUT2D eigenvalue weighted by molar-refractivity contribution is 6.49. The van der Waals surface area contributed by atoms with Gasteiger partial charge in [0.1, 0.15) is 6.10 Å². The summed E-state index contributed by atoms with van der Waals surface area (Å²) in [6.07, 6.45) is -0.609. The number of hydrogen-bond acceptors (Lipinski definition) is 3. The van der Waals surface area contributed by atoms with E-state index in [9.17, 15) is 9.59 Å². The van der Waals surface area contributed by atoms with Crippen LogP contribution >= 0.6 is 34.8 Å². The first kappa shape index (κ1) is 15.3. The van der Waals surface area contributed by atoms with Gasteiger partial charge in [0.15, 0.2) is 5.78 Å². The Kier molecular flexibility index (Phi) is 4.13. The summed E-state index contributed by atoms with van der Waals surface area (Å²) in [5.74, 6) is -0.688. The van der Waals surface area contributed by atoms with Crippen LogP contribution in [0.5, 0.6) is 0 Å². The number of cyclic esters (lactones) is 1. The second-order valence-corrected chi connectivity index (χ2v) is 5.99. The lowest BCUT2D eigenvalue weighted by atomic mass is 9.98. The topological polar surface area (TPSA) is 43.4 Å². The first-order valence-electron chi connectivity index (χ1n) is 6.45. The third-order valence-electron chi connectivity index (χ3n) is 3.48. The molecule has 1 atom stereocenters. The van der Waals surface area contributed by atoms with E-state index >= 15 is 0 Å². The fourth-order valence-corrected chi connectivity index (χ4v) is 3.03. The summed E-state index contributed by atoms with van der Waals surface area (Å²) in [4.78, 5) is 24.2. The average molecular weight is 356 g/mol. The zero-order valence-electron chi connectivity index (χ0n) is 11.1. The number of carbonyl (C=O) groups is 2. The lowest BCUT2D eigenvalue weighted by Gasteiger charge is -2.11. The van der Waals surface area contributed by atoms with E-state index in [2.05, 4.69) is 0 Å². The number of ketones is 1. The van der Waals surface area contributed by atoms with Crippen LogP contribution in [0.1, 0.15) is 38.8 Å². The summed E-state index contributed by atoms with van der Waals surface area (Å²) in [6.45, 7) is 0. The number of benzene rings is 2. The van der Waals surface area contributed by atoms with Gasteiger partial charge in [-0.3, -0.25) is 4.79 Å². The summed E-state index contributed by atoms with van der Waals surface area (Å²) in [5.41, 5.74) is 1.45. The Morgan fingerprint density at radius 3 is 2.55 bits per heavy atom. The maximum Gasteiger partial charge on any atom is 0.339 e. The Morgan fingerprint density at radius 2 is 1.77 bits per heavy atom. The Hall–Kier alpha value is -1.55. The van der Waals surface area contributed by atoms with Crippen LogP contribution in [0.2, 0.25) is 15.1 Å². The Balaban J connectivity index is 1.88. The normalized spacial score (nSPS) is 16.3. The molecule has 0 aromatic heterocycles. The molecule has 1 unspecified atom stereocenters. The van der Waals surface area contributed by atoms with Crippen molar-refractivity contribution < 1.29 is 14.3 Å². The standard InChI is InChI=1S/C16H9Cl3O3/c17-11-6-5-10(14(18)15(11)19)12(20)7-13-8-3-1-2-4-9(8)16(21)22-13/h1-6,13H,7H2. The SMILES string of the molecule is O=C1OC(CC(=O)c2ccc(Cl)c(Cl)c2Cl)c2ccccc21. The van der Waals surface area contributed by atoms with Gasteiger partial charge < -0.3 is 4.74 Å². The molecule has 0 fully saturated rings. The largest absolute Gasteiger partial charge is 0.453 e. The zero-order valence-corrected chi connectivity index (χ0v) is 13.4. The van der Waals surface area contributed by atoms with Crippen LogP contribution in [0, 0.1) is 0 Å². The molecule has 1 aliphatic rings. The van der Waals surface area contributed by atoms with E-state index in [1.807, 2.05) is 0 Å². The summed E-state index contributed by atoms with van der Waals surface area (Å²) < 4.78 is 5.26. The lowest BCUT2D eigenvalue weighted by molar-refractivity contribution is 0.0367. The predicted molar refractivity (Wildman–Crippen MR) is 85.0 cm³/mol. The molecule has 0 spiro atoms. The molecule has 1 aliphatic heterocycles. The summed E-state index contributed by atoms with van der Waals surface area (Å²) in [7, 11) is 0. The van der Waals surface area contributed by atoms with E-state index in [0.717, 1.165) is 0 Å². The van der Waals surface area contributed by atoms with Gasteiger partial charge in [-0.1, -0.05) is 53.0 Å². The van der Waals surface area contributed by atoms with Crippen molar-refractivity contribution in [3.63, 3.8) is 0 Å². The molecule has 0 saturated carbocycles. The van der Waals surface area contributed by atoms with Gasteiger partial charge in [-0.15, -0.1) is 0 Å². The maximum absolute atomic E-state index is 12.4. The number of fused-ring (bicyclic) bond motifs is 1. The molecule has 0 amide bonds. The fraction of sp³-hybridized carbons (Fsp3) is 0.125. The Bertz CT molecular complexity index is 786. The molecule has 3 rings (SSSR count). The van der Waals surface area contributed by atoms with Gasteiger partial charge in [-0.05, 0) is 18.2 Å². The number of rotatable bonds is 3. The molecule has 6 heteroatoms. The molecule has 22 heavy (non-hydrogen) atoms. The highest BCUT2D eigenvalue weighted by atomic mass is 35.5. The van der Waals surface area contributed by atoms with Crippen molar-refractivity contribution >= 4 is 46.6 Å². The predicted octanol–water partition coefficient (Wildman–Crippen LogP) is 5.13. The second-order valence-electron chi connectivity index (χ2n) is 4.83. The highest BCUT2D eigenvalue weighted by Crippen LogP contribution is 2.37. The molecule has 0 N–H and O–H groups in total.